The normalized spacial score (nSPS) is 20.6. The molecule has 0 aromatic heterocycles. The zero-order valence-corrected chi connectivity index (χ0v) is 19.5. The number of esters is 1. The highest BCUT2D eigenvalue weighted by atomic mass is 32.2. The van der Waals surface area contributed by atoms with Crippen molar-refractivity contribution in [2.45, 2.75) is 30.4 Å². The molecule has 1 N–H and O–H groups in total. The SMILES string of the molecule is C=CCOC(=O)C1=C[C@@H](C2CC2)C[C@@H](OCCN(CCO)S(=O)(=O)c2ccc(OC)cc2)O1. The highest BCUT2D eigenvalue weighted by molar-refractivity contribution is 7.89. The summed E-state index contributed by atoms with van der Waals surface area (Å²) in [4.78, 5) is 12.3. The molecular formula is C23H31NO8S. The Hall–Kier alpha value is -2.40. The van der Waals surface area contributed by atoms with Gasteiger partial charge in [0.2, 0.25) is 22.1 Å². The van der Waals surface area contributed by atoms with Crippen molar-refractivity contribution < 1.29 is 37.3 Å². The monoisotopic (exact) mass is 481 g/mol. The molecule has 1 aromatic rings. The van der Waals surface area contributed by atoms with E-state index in [1.54, 1.807) is 18.2 Å². The topological polar surface area (TPSA) is 112 Å². The van der Waals surface area contributed by atoms with Crippen molar-refractivity contribution in [3.63, 3.8) is 0 Å². The van der Waals surface area contributed by atoms with E-state index >= 15 is 0 Å². The van der Waals surface area contributed by atoms with Gasteiger partial charge in [-0.25, -0.2) is 13.2 Å². The summed E-state index contributed by atoms with van der Waals surface area (Å²) < 4.78 is 48.8. The van der Waals surface area contributed by atoms with Crippen LogP contribution in [0.2, 0.25) is 0 Å². The molecular weight excluding hydrogens is 450 g/mol. The Kier molecular flexibility index (Phi) is 8.90. The van der Waals surface area contributed by atoms with E-state index < -0.39 is 22.3 Å². The van der Waals surface area contributed by atoms with Gasteiger partial charge >= 0.3 is 5.97 Å². The van der Waals surface area contributed by atoms with Crippen LogP contribution in [0.15, 0.2) is 53.7 Å². The Labute approximate surface area is 194 Å². The number of nitrogens with zero attached hydrogens (tertiary/aromatic N) is 1. The fourth-order valence-corrected chi connectivity index (χ4v) is 5.05. The summed E-state index contributed by atoms with van der Waals surface area (Å²) in [6.07, 6.45) is 5.35. The average molecular weight is 482 g/mol. The van der Waals surface area contributed by atoms with Gasteiger partial charge in [-0.05, 0) is 55.0 Å². The van der Waals surface area contributed by atoms with Crippen LogP contribution in [0, 0.1) is 11.8 Å². The van der Waals surface area contributed by atoms with Crippen LogP contribution in [-0.4, -0.2) is 70.1 Å². The van der Waals surface area contributed by atoms with Crippen LogP contribution in [-0.2, 0) is 29.0 Å². The number of hydrogen-bond donors (Lipinski definition) is 1. The highest BCUT2D eigenvalue weighted by Crippen LogP contribution is 2.42. The van der Waals surface area contributed by atoms with E-state index in [1.165, 1.54) is 25.3 Å². The summed E-state index contributed by atoms with van der Waals surface area (Å²) >= 11 is 0. The molecule has 1 aliphatic heterocycles. The minimum absolute atomic E-state index is 0.0167. The van der Waals surface area contributed by atoms with E-state index in [9.17, 15) is 18.3 Å². The van der Waals surface area contributed by atoms with Crippen LogP contribution >= 0.6 is 0 Å². The van der Waals surface area contributed by atoms with Crippen molar-refractivity contribution in [2.24, 2.45) is 11.8 Å². The van der Waals surface area contributed by atoms with Crippen molar-refractivity contribution in [3.8, 4) is 5.75 Å². The molecule has 0 bridgehead atoms. The lowest BCUT2D eigenvalue weighted by Gasteiger charge is -2.29. The maximum absolute atomic E-state index is 13.0. The van der Waals surface area contributed by atoms with Gasteiger partial charge in [-0.3, -0.25) is 0 Å². The third kappa shape index (κ3) is 6.80. The van der Waals surface area contributed by atoms with Gasteiger partial charge < -0.3 is 24.1 Å². The molecule has 2 atom stereocenters. The first-order chi connectivity index (χ1) is 15.9. The highest BCUT2D eigenvalue weighted by Gasteiger charge is 2.37. The minimum Gasteiger partial charge on any atom is -0.497 e. The molecule has 3 rings (SSSR count). The van der Waals surface area contributed by atoms with Crippen molar-refractivity contribution >= 4 is 16.0 Å². The van der Waals surface area contributed by atoms with Gasteiger partial charge in [0.15, 0.2) is 0 Å². The molecule has 33 heavy (non-hydrogen) atoms. The molecule has 0 saturated heterocycles. The third-order valence-electron chi connectivity index (χ3n) is 5.54. The van der Waals surface area contributed by atoms with Crippen LogP contribution < -0.4 is 4.74 Å². The number of sulfonamides is 1. The molecule has 1 saturated carbocycles. The second-order valence-corrected chi connectivity index (χ2v) is 9.81. The van der Waals surface area contributed by atoms with E-state index in [0.717, 1.165) is 17.1 Å². The van der Waals surface area contributed by atoms with E-state index in [1.807, 2.05) is 0 Å². The lowest BCUT2D eigenvalue weighted by atomic mass is 9.96. The number of benzene rings is 1. The molecule has 0 spiro atoms. The second-order valence-electron chi connectivity index (χ2n) is 7.88. The van der Waals surface area contributed by atoms with Gasteiger partial charge in [0.1, 0.15) is 12.4 Å². The molecule has 0 amide bonds. The number of carbonyl (C=O) groups excluding carboxylic acids is 1. The Balaban J connectivity index is 1.61. The van der Waals surface area contributed by atoms with Crippen LogP contribution in [0.4, 0.5) is 0 Å². The summed E-state index contributed by atoms with van der Waals surface area (Å²) in [7, 11) is -2.34. The zero-order valence-electron chi connectivity index (χ0n) is 18.7. The van der Waals surface area contributed by atoms with Gasteiger partial charge in [-0.15, -0.1) is 0 Å². The number of carbonyl (C=O) groups is 1. The van der Waals surface area contributed by atoms with E-state index in [4.69, 9.17) is 18.9 Å². The molecule has 1 fully saturated rings. The van der Waals surface area contributed by atoms with Gasteiger partial charge in [0, 0.05) is 19.5 Å². The van der Waals surface area contributed by atoms with Gasteiger partial charge in [-0.1, -0.05) is 12.7 Å². The minimum atomic E-state index is -3.84. The molecule has 0 radical (unpaired) electrons. The average Bonchev–Trinajstić information content (AvgIpc) is 3.67. The largest absolute Gasteiger partial charge is 0.497 e. The predicted octanol–water partition coefficient (Wildman–Crippen LogP) is 2.08. The number of methoxy groups -OCH3 is 1. The first-order valence-electron chi connectivity index (χ1n) is 10.9. The molecule has 1 aliphatic carbocycles. The molecule has 1 aromatic carbocycles. The van der Waals surface area contributed by atoms with Gasteiger partial charge in [0.25, 0.3) is 0 Å². The number of allylic oxidation sites excluding steroid dienone is 1. The Morgan fingerprint density at radius 1 is 1.27 bits per heavy atom. The maximum atomic E-state index is 13.0. The fourth-order valence-electron chi connectivity index (χ4n) is 3.64. The lowest BCUT2D eigenvalue weighted by Crippen LogP contribution is -2.38. The Bertz CT molecular complexity index is 940. The first kappa shape index (κ1) is 25.2. The smallest absolute Gasteiger partial charge is 0.373 e. The van der Waals surface area contributed by atoms with Gasteiger partial charge in [0.05, 0.1) is 25.2 Å². The summed E-state index contributed by atoms with van der Waals surface area (Å²) in [5.74, 6) is 0.720. The molecule has 9 nitrogen and oxygen atoms in total. The maximum Gasteiger partial charge on any atom is 0.373 e. The quantitative estimate of drug-likeness (QED) is 0.337. The van der Waals surface area contributed by atoms with E-state index in [-0.39, 0.29) is 49.5 Å². The van der Waals surface area contributed by atoms with Crippen LogP contribution in [0.3, 0.4) is 0 Å². The number of rotatable bonds is 13. The van der Waals surface area contributed by atoms with Crippen molar-refractivity contribution in [3.05, 3.63) is 48.8 Å². The third-order valence-corrected chi connectivity index (χ3v) is 7.45. The van der Waals surface area contributed by atoms with Crippen molar-refractivity contribution in [1.82, 2.24) is 4.31 Å². The van der Waals surface area contributed by atoms with Gasteiger partial charge in [-0.2, -0.15) is 4.31 Å². The van der Waals surface area contributed by atoms with E-state index in [2.05, 4.69) is 6.58 Å². The summed E-state index contributed by atoms with van der Waals surface area (Å²) in [6, 6.07) is 6.03. The van der Waals surface area contributed by atoms with Crippen LogP contribution in [0.1, 0.15) is 19.3 Å². The van der Waals surface area contributed by atoms with Crippen LogP contribution in [0.25, 0.3) is 0 Å². The fraction of sp³-hybridized carbons (Fsp3) is 0.522. The van der Waals surface area contributed by atoms with E-state index in [0.29, 0.717) is 18.1 Å². The Morgan fingerprint density at radius 2 is 2.00 bits per heavy atom. The Morgan fingerprint density at radius 3 is 2.61 bits per heavy atom. The lowest BCUT2D eigenvalue weighted by molar-refractivity contribution is -0.163. The van der Waals surface area contributed by atoms with Crippen molar-refractivity contribution in [2.75, 3.05) is 40.0 Å². The molecule has 0 unspecified atom stereocenters. The molecule has 1 heterocycles. The zero-order chi connectivity index (χ0) is 23.8. The standard InChI is InChI=1S/C23H31NO8S/c1-3-13-31-23(26)21-15-18(17-4-5-17)16-22(32-21)30-14-11-24(10-12-25)33(27,28)20-8-6-19(29-2)7-9-20/h3,6-9,15,17-18,22,25H,1,4-5,10-14,16H2,2H3/t18-,22+/m1/s1. The summed E-state index contributed by atoms with van der Waals surface area (Å²) in [6.45, 7) is 3.25. The number of ether oxygens (including phenoxy) is 4. The number of aliphatic hydroxyl groups excluding tert-OH is 1. The second kappa shape index (κ2) is 11.6. The molecule has 10 heteroatoms. The predicted molar refractivity (Wildman–Crippen MR) is 120 cm³/mol. The summed E-state index contributed by atoms with van der Waals surface area (Å²) in [5.41, 5.74) is 0. The number of hydrogen-bond acceptors (Lipinski definition) is 8. The van der Waals surface area contributed by atoms with Crippen LogP contribution in [0.5, 0.6) is 5.75 Å². The summed E-state index contributed by atoms with van der Waals surface area (Å²) in [5, 5.41) is 9.39. The number of aliphatic hydroxyl groups is 1. The first-order valence-corrected chi connectivity index (χ1v) is 12.4. The van der Waals surface area contributed by atoms with Crippen molar-refractivity contribution in [1.29, 1.82) is 0 Å². The molecule has 182 valence electrons. The molecule has 2 aliphatic rings.